The van der Waals surface area contributed by atoms with Gasteiger partial charge in [0.1, 0.15) is 5.75 Å². The van der Waals surface area contributed by atoms with Crippen LogP contribution < -0.4 is 10.1 Å². The Labute approximate surface area is 255 Å². The molecular weight excluding hydrogens is 593 g/mol. The zero-order valence-electron chi connectivity index (χ0n) is 23.9. The van der Waals surface area contributed by atoms with Crippen molar-refractivity contribution < 1.29 is 27.5 Å². The summed E-state index contributed by atoms with van der Waals surface area (Å²) in [6.45, 7) is 5.86. The van der Waals surface area contributed by atoms with Crippen molar-refractivity contribution in [2.45, 2.75) is 33.1 Å². The SMILES string of the molecule is Cc1nn(-c2ccc(C=NN3C(=O)CSC3=Nc3ccccc3C(C)C)cc2)cc1C(=O)Nc1ccc(OC(F)(F)F)cc1. The maximum atomic E-state index is 12.8. The van der Waals surface area contributed by atoms with Crippen molar-refractivity contribution in [3.05, 3.63) is 101 Å². The fourth-order valence-corrected chi connectivity index (χ4v) is 5.13. The molecule has 9 nitrogen and oxygen atoms in total. The van der Waals surface area contributed by atoms with E-state index in [0.29, 0.717) is 27.8 Å². The molecule has 0 atom stereocenters. The fourth-order valence-electron chi connectivity index (χ4n) is 4.32. The summed E-state index contributed by atoms with van der Waals surface area (Å²) in [5.74, 6) is -0.485. The first kappa shape index (κ1) is 30.5. The van der Waals surface area contributed by atoms with E-state index in [0.717, 1.165) is 28.9 Å². The van der Waals surface area contributed by atoms with Crippen LogP contribution in [0.2, 0.25) is 0 Å². The lowest BCUT2D eigenvalue weighted by molar-refractivity contribution is -0.274. The van der Waals surface area contributed by atoms with Crippen molar-refractivity contribution >= 4 is 46.3 Å². The van der Waals surface area contributed by atoms with E-state index in [2.05, 4.69) is 34.1 Å². The number of halogens is 3. The Morgan fingerprint density at radius 3 is 2.45 bits per heavy atom. The van der Waals surface area contributed by atoms with E-state index in [1.54, 1.807) is 48.3 Å². The molecule has 1 N–H and O–H groups in total. The third-order valence-electron chi connectivity index (χ3n) is 6.49. The van der Waals surface area contributed by atoms with Gasteiger partial charge in [-0.2, -0.15) is 15.2 Å². The standard InChI is InChI=1S/C31H27F3N6O3S/c1-19(2)25-6-4-5-7-27(25)37-30-40(28(41)18-44-30)35-16-21-8-12-23(13-9-21)39-17-26(20(3)38-39)29(42)36-22-10-14-24(15-11-22)43-31(32,33)34/h4-17,19H,18H2,1-3H3,(H,36,42). The molecule has 226 valence electrons. The highest BCUT2D eigenvalue weighted by Gasteiger charge is 2.31. The lowest BCUT2D eigenvalue weighted by Gasteiger charge is -2.12. The minimum Gasteiger partial charge on any atom is -0.406 e. The van der Waals surface area contributed by atoms with Gasteiger partial charge in [0.05, 0.1) is 34.6 Å². The van der Waals surface area contributed by atoms with Gasteiger partial charge >= 0.3 is 6.36 Å². The number of benzene rings is 3. The Bertz CT molecular complexity index is 1730. The minimum atomic E-state index is -4.80. The number of hydrogen-bond donors (Lipinski definition) is 1. The van der Waals surface area contributed by atoms with Gasteiger partial charge in [0.25, 0.3) is 11.8 Å². The monoisotopic (exact) mass is 620 g/mol. The first-order chi connectivity index (χ1) is 21.0. The smallest absolute Gasteiger partial charge is 0.406 e. The van der Waals surface area contributed by atoms with Gasteiger partial charge in [-0.05, 0) is 66.4 Å². The molecule has 2 heterocycles. The highest BCUT2D eigenvalue weighted by Crippen LogP contribution is 2.30. The van der Waals surface area contributed by atoms with Crippen molar-refractivity contribution in [1.82, 2.24) is 14.8 Å². The number of aryl methyl sites for hydroxylation is 1. The van der Waals surface area contributed by atoms with Gasteiger partial charge in [-0.15, -0.1) is 13.2 Å². The van der Waals surface area contributed by atoms with Gasteiger partial charge in [0, 0.05) is 11.9 Å². The summed E-state index contributed by atoms with van der Waals surface area (Å²) >= 11 is 1.34. The molecule has 1 saturated heterocycles. The van der Waals surface area contributed by atoms with E-state index in [9.17, 15) is 22.8 Å². The number of nitrogens with zero attached hydrogens (tertiary/aromatic N) is 5. The normalized spacial score (nSPS) is 14.7. The third-order valence-corrected chi connectivity index (χ3v) is 7.40. The summed E-state index contributed by atoms with van der Waals surface area (Å²) in [7, 11) is 0. The first-order valence-corrected chi connectivity index (χ1v) is 14.5. The van der Waals surface area contributed by atoms with Crippen LogP contribution in [0, 0.1) is 6.92 Å². The molecular formula is C31H27F3N6O3S. The molecule has 13 heteroatoms. The number of hydrazone groups is 1. The van der Waals surface area contributed by atoms with Gasteiger partial charge in [-0.25, -0.2) is 9.67 Å². The Kier molecular flexibility index (Phi) is 8.86. The Morgan fingerprint density at radius 2 is 1.77 bits per heavy atom. The molecule has 4 aromatic rings. The van der Waals surface area contributed by atoms with Crippen molar-refractivity contribution in [1.29, 1.82) is 0 Å². The average molecular weight is 621 g/mol. The molecule has 1 aromatic heterocycles. The number of amidine groups is 1. The molecule has 0 saturated carbocycles. The van der Waals surface area contributed by atoms with Crippen molar-refractivity contribution in [3.63, 3.8) is 0 Å². The maximum Gasteiger partial charge on any atom is 0.573 e. The molecule has 1 aliphatic heterocycles. The number of aliphatic imine (C=N–C) groups is 1. The molecule has 44 heavy (non-hydrogen) atoms. The van der Waals surface area contributed by atoms with Crippen LogP contribution in [0.1, 0.15) is 46.9 Å². The van der Waals surface area contributed by atoms with Crippen LogP contribution in [0.4, 0.5) is 24.5 Å². The summed E-state index contributed by atoms with van der Waals surface area (Å²) < 4.78 is 42.5. The zero-order valence-corrected chi connectivity index (χ0v) is 24.7. The summed E-state index contributed by atoms with van der Waals surface area (Å²) in [5, 5.41) is 13.3. The molecule has 1 fully saturated rings. The van der Waals surface area contributed by atoms with E-state index in [1.165, 1.54) is 28.9 Å². The molecule has 3 aromatic carbocycles. The van der Waals surface area contributed by atoms with Gasteiger partial charge in [0.15, 0.2) is 5.17 Å². The number of thioether (sulfide) groups is 1. The first-order valence-electron chi connectivity index (χ1n) is 13.5. The number of rotatable bonds is 8. The predicted octanol–water partition coefficient (Wildman–Crippen LogP) is 7.05. The summed E-state index contributed by atoms with van der Waals surface area (Å²) in [6.07, 6.45) is -1.66. The lowest BCUT2D eigenvalue weighted by Crippen LogP contribution is -2.23. The van der Waals surface area contributed by atoms with Crippen LogP contribution in [-0.4, -0.2) is 50.1 Å². The van der Waals surface area contributed by atoms with Crippen LogP contribution in [0.25, 0.3) is 5.69 Å². The van der Waals surface area contributed by atoms with Crippen LogP contribution in [0.15, 0.2) is 89.1 Å². The van der Waals surface area contributed by atoms with Crippen LogP contribution >= 0.6 is 11.8 Å². The van der Waals surface area contributed by atoms with E-state index >= 15 is 0 Å². The number of aromatic nitrogens is 2. The highest BCUT2D eigenvalue weighted by molar-refractivity contribution is 8.15. The molecule has 0 spiro atoms. The molecule has 2 amide bonds. The van der Waals surface area contributed by atoms with E-state index in [1.807, 2.05) is 24.3 Å². The molecule has 0 unspecified atom stereocenters. The summed E-state index contributed by atoms with van der Waals surface area (Å²) in [6, 6.07) is 19.9. The lowest BCUT2D eigenvalue weighted by atomic mass is 10.0. The second-order valence-electron chi connectivity index (χ2n) is 10.0. The zero-order chi connectivity index (χ0) is 31.4. The second-order valence-corrected chi connectivity index (χ2v) is 11.0. The molecule has 1 aliphatic rings. The summed E-state index contributed by atoms with van der Waals surface area (Å²) in [4.78, 5) is 30.1. The van der Waals surface area contributed by atoms with Gasteiger partial charge in [-0.3, -0.25) is 9.59 Å². The van der Waals surface area contributed by atoms with E-state index in [-0.39, 0.29) is 23.3 Å². The number of ether oxygens (including phenoxy) is 1. The topological polar surface area (TPSA) is 101 Å². The summed E-state index contributed by atoms with van der Waals surface area (Å²) in [5.41, 5.74) is 4.36. The number of carbonyl (C=O) groups excluding carboxylic acids is 2. The van der Waals surface area contributed by atoms with Crippen molar-refractivity contribution in [2.75, 3.05) is 11.1 Å². The second kappa shape index (κ2) is 12.8. The third kappa shape index (κ3) is 7.35. The average Bonchev–Trinajstić information content (AvgIpc) is 3.54. The Hall–Kier alpha value is -4.91. The highest BCUT2D eigenvalue weighted by atomic mass is 32.2. The molecule has 0 radical (unpaired) electrons. The van der Waals surface area contributed by atoms with Crippen molar-refractivity contribution in [2.24, 2.45) is 10.1 Å². The van der Waals surface area contributed by atoms with Gasteiger partial charge < -0.3 is 10.1 Å². The Balaban J connectivity index is 1.26. The van der Waals surface area contributed by atoms with Crippen LogP contribution in [0.3, 0.4) is 0 Å². The van der Waals surface area contributed by atoms with Crippen molar-refractivity contribution in [3.8, 4) is 11.4 Å². The molecule has 0 bridgehead atoms. The number of alkyl halides is 3. The van der Waals surface area contributed by atoms with E-state index < -0.39 is 12.3 Å². The largest absolute Gasteiger partial charge is 0.573 e. The fraction of sp³-hybridized carbons (Fsp3) is 0.194. The van der Waals surface area contributed by atoms with Crippen LogP contribution in [0.5, 0.6) is 5.75 Å². The van der Waals surface area contributed by atoms with E-state index in [4.69, 9.17) is 4.99 Å². The number of carbonyl (C=O) groups is 2. The number of hydrogen-bond acceptors (Lipinski definition) is 7. The minimum absolute atomic E-state index is 0.160. The van der Waals surface area contributed by atoms with Crippen LogP contribution in [-0.2, 0) is 4.79 Å². The number of para-hydroxylation sites is 1. The predicted molar refractivity (Wildman–Crippen MR) is 164 cm³/mol. The molecule has 5 rings (SSSR count). The van der Waals surface area contributed by atoms with Gasteiger partial charge in [-0.1, -0.05) is 55.9 Å². The maximum absolute atomic E-state index is 12.8. The van der Waals surface area contributed by atoms with Gasteiger partial charge in [0.2, 0.25) is 0 Å². The molecule has 0 aliphatic carbocycles. The number of anilines is 1. The quantitative estimate of drug-likeness (QED) is 0.213. The number of nitrogens with one attached hydrogen (secondary N) is 1. The number of amides is 2. The Morgan fingerprint density at radius 1 is 1.07 bits per heavy atom.